The predicted octanol–water partition coefficient (Wildman–Crippen LogP) is 4.99. The molecule has 0 aromatic heterocycles. The second kappa shape index (κ2) is 5.92. The highest BCUT2D eigenvalue weighted by molar-refractivity contribution is 8.17. The first kappa shape index (κ1) is 13.6. The SMILES string of the molecule is Clc1cccc(Cl)c1C1=NNC(c2ccccc2)=CS1. The number of rotatable bonds is 2. The molecule has 0 saturated carbocycles. The Bertz CT molecular complexity index is 676. The van der Waals surface area contributed by atoms with Gasteiger partial charge in [0.15, 0.2) is 0 Å². The highest BCUT2D eigenvalue weighted by Crippen LogP contribution is 2.32. The van der Waals surface area contributed by atoms with Crippen LogP contribution in [0.4, 0.5) is 0 Å². The van der Waals surface area contributed by atoms with Crippen LogP contribution in [0.5, 0.6) is 0 Å². The molecule has 0 radical (unpaired) electrons. The third kappa shape index (κ3) is 2.70. The maximum absolute atomic E-state index is 6.19. The largest absolute Gasteiger partial charge is 0.276 e. The highest BCUT2D eigenvalue weighted by atomic mass is 35.5. The fourth-order valence-electron chi connectivity index (χ4n) is 1.85. The van der Waals surface area contributed by atoms with Crippen molar-refractivity contribution in [3.63, 3.8) is 0 Å². The van der Waals surface area contributed by atoms with E-state index in [2.05, 4.69) is 10.5 Å². The molecular formula is C15H10Cl2N2S. The lowest BCUT2D eigenvalue weighted by Crippen LogP contribution is -2.13. The van der Waals surface area contributed by atoms with Crippen LogP contribution in [-0.2, 0) is 0 Å². The molecule has 0 bridgehead atoms. The highest BCUT2D eigenvalue weighted by Gasteiger charge is 2.16. The topological polar surface area (TPSA) is 24.4 Å². The van der Waals surface area contributed by atoms with Gasteiger partial charge in [-0.15, -0.1) is 0 Å². The number of hydrogen-bond acceptors (Lipinski definition) is 3. The molecule has 1 aliphatic rings. The molecular weight excluding hydrogens is 311 g/mol. The first-order valence-corrected chi connectivity index (χ1v) is 7.59. The number of halogens is 2. The van der Waals surface area contributed by atoms with E-state index in [0.717, 1.165) is 21.9 Å². The molecule has 2 aromatic rings. The van der Waals surface area contributed by atoms with E-state index in [0.29, 0.717) is 10.0 Å². The van der Waals surface area contributed by atoms with Crippen molar-refractivity contribution in [2.75, 3.05) is 0 Å². The third-order valence-electron chi connectivity index (χ3n) is 2.83. The maximum Gasteiger partial charge on any atom is 0.131 e. The number of hydrogen-bond donors (Lipinski definition) is 1. The molecule has 0 saturated heterocycles. The summed E-state index contributed by atoms with van der Waals surface area (Å²) in [6.45, 7) is 0. The molecule has 1 aliphatic heterocycles. The average Bonchev–Trinajstić information content (AvgIpc) is 2.49. The average molecular weight is 321 g/mol. The monoisotopic (exact) mass is 320 g/mol. The van der Waals surface area contributed by atoms with Crippen molar-refractivity contribution in [1.29, 1.82) is 0 Å². The Morgan fingerprint density at radius 3 is 2.20 bits per heavy atom. The van der Waals surface area contributed by atoms with Crippen molar-refractivity contribution in [3.05, 3.63) is 75.1 Å². The number of benzene rings is 2. The summed E-state index contributed by atoms with van der Waals surface area (Å²) in [4.78, 5) is 0. The van der Waals surface area contributed by atoms with Crippen molar-refractivity contribution in [1.82, 2.24) is 5.43 Å². The van der Waals surface area contributed by atoms with E-state index in [-0.39, 0.29) is 0 Å². The molecule has 0 amide bonds. The summed E-state index contributed by atoms with van der Waals surface area (Å²) < 4.78 is 0. The van der Waals surface area contributed by atoms with Crippen molar-refractivity contribution in [2.24, 2.45) is 5.10 Å². The van der Waals surface area contributed by atoms with Crippen LogP contribution < -0.4 is 5.43 Å². The number of hydrazone groups is 1. The lowest BCUT2D eigenvalue weighted by Gasteiger charge is -2.15. The zero-order valence-electron chi connectivity index (χ0n) is 10.3. The third-order valence-corrected chi connectivity index (χ3v) is 4.33. The Kier molecular flexibility index (Phi) is 4.01. The Morgan fingerprint density at radius 1 is 0.900 bits per heavy atom. The molecule has 0 spiro atoms. The standard InChI is InChI=1S/C15H10Cl2N2S/c16-11-7-4-8-12(17)14(11)15-19-18-13(9-20-15)10-5-2-1-3-6-10/h1-9,18H. The molecule has 0 aliphatic carbocycles. The van der Waals surface area contributed by atoms with Crippen LogP contribution in [0.1, 0.15) is 11.1 Å². The first-order chi connectivity index (χ1) is 9.75. The second-order valence-electron chi connectivity index (χ2n) is 4.14. The summed E-state index contributed by atoms with van der Waals surface area (Å²) in [5.74, 6) is 0. The normalized spacial score (nSPS) is 14.3. The lowest BCUT2D eigenvalue weighted by molar-refractivity contribution is 0.996. The van der Waals surface area contributed by atoms with Crippen molar-refractivity contribution in [2.45, 2.75) is 0 Å². The van der Waals surface area contributed by atoms with E-state index in [9.17, 15) is 0 Å². The van der Waals surface area contributed by atoms with Gasteiger partial charge in [-0.05, 0) is 12.1 Å². The van der Waals surface area contributed by atoms with Gasteiger partial charge in [-0.1, -0.05) is 71.4 Å². The summed E-state index contributed by atoms with van der Waals surface area (Å²) in [6.07, 6.45) is 0. The summed E-state index contributed by atoms with van der Waals surface area (Å²) in [7, 11) is 0. The van der Waals surface area contributed by atoms with Gasteiger partial charge in [0.25, 0.3) is 0 Å². The van der Waals surface area contributed by atoms with Crippen molar-refractivity contribution < 1.29 is 0 Å². The van der Waals surface area contributed by atoms with Crippen LogP contribution in [0.15, 0.2) is 59.0 Å². The van der Waals surface area contributed by atoms with E-state index < -0.39 is 0 Å². The summed E-state index contributed by atoms with van der Waals surface area (Å²) in [5, 5.41) is 8.35. The van der Waals surface area contributed by atoms with Crippen LogP contribution in [0.25, 0.3) is 5.70 Å². The maximum atomic E-state index is 6.19. The minimum absolute atomic E-state index is 0.599. The zero-order chi connectivity index (χ0) is 13.9. The molecule has 2 nitrogen and oxygen atoms in total. The van der Waals surface area contributed by atoms with Gasteiger partial charge in [-0.3, -0.25) is 5.43 Å². The Labute approximate surface area is 131 Å². The molecule has 3 rings (SSSR count). The van der Waals surface area contributed by atoms with E-state index >= 15 is 0 Å². The quantitative estimate of drug-likeness (QED) is 0.842. The van der Waals surface area contributed by atoms with Crippen LogP contribution in [0.3, 0.4) is 0 Å². The van der Waals surface area contributed by atoms with Gasteiger partial charge >= 0.3 is 0 Å². The van der Waals surface area contributed by atoms with E-state index in [4.69, 9.17) is 23.2 Å². The molecule has 100 valence electrons. The van der Waals surface area contributed by atoms with E-state index in [1.165, 1.54) is 11.8 Å². The lowest BCUT2D eigenvalue weighted by atomic mass is 10.2. The molecule has 0 atom stereocenters. The van der Waals surface area contributed by atoms with Crippen LogP contribution in [0, 0.1) is 0 Å². The fourth-order valence-corrected chi connectivity index (χ4v) is 3.39. The molecule has 2 aromatic carbocycles. The van der Waals surface area contributed by atoms with Gasteiger partial charge in [0.1, 0.15) is 5.04 Å². The molecule has 0 fully saturated rings. The molecule has 5 heteroatoms. The van der Waals surface area contributed by atoms with Crippen LogP contribution in [0.2, 0.25) is 10.0 Å². The fraction of sp³-hybridized carbons (Fsp3) is 0. The smallest absolute Gasteiger partial charge is 0.131 e. The van der Waals surface area contributed by atoms with Crippen LogP contribution >= 0.6 is 35.0 Å². The summed E-state index contributed by atoms with van der Waals surface area (Å²) in [5.41, 5.74) is 5.86. The Hall–Kier alpha value is -1.42. The van der Waals surface area contributed by atoms with Gasteiger partial charge in [0.05, 0.1) is 15.7 Å². The van der Waals surface area contributed by atoms with E-state index in [1.54, 1.807) is 0 Å². The molecule has 1 heterocycles. The van der Waals surface area contributed by atoms with Gasteiger partial charge in [-0.2, -0.15) is 5.10 Å². The van der Waals surface area contributed by atoms with Crippen molar-refractivity contribution >= 4 is 45.7 Å². The van der Waals surface area contributed by atoms with Gasteiger partial charge < -0.3 is 0 Å². The Morgan fingerprint density at radius 2 is 1.60 bits per heavy atom. The minimum Gasteiger partial charge on any atom is -0.276 e. The Balaban J connectivity index is 1.86. The summed E-state index contributed by atoms with van der Waals surface area (Å²) >= 11 is 13.9. The number of nitrogens with one attached hydrogen (secondary N) is 1. The second-order valence-corrected chi connectivity index (χ2v) is 5.81. The van der Waals surface area contributed by atoms with Crippen molar-refractivity contribution in [3.8, 4) is 0 Å². The molecule has 1 N–H and O–H groups in total. The van der Waals surface area contributed by atoms with E-state index in [1.807, 2.05) is 53.9 Å². The molecule has 20 heavy (non-hydrogen) atoms. The number of thioether (sulfide) groups is 1. The number of nitrogens with zero attached hydrogens (tertiary/aromatic N) is 1. The van der Waals surface area contributed by atoms with Gasteiger partial charge in [0, 0.05) is 16.5 Å². The minimum atomic E-state index is 0.599. The van der Waals surface area contributed by atoms with Crippen LogP contribution in [-0.4, -0.2) is 5.04 Å². The predicted molar refractivity (Wildman–Crippen MR) is 88.1 cm³/mol. The molecule has 0 unspecified atom stereocenters. The summed E-state index contributed by atoms with van der Waals surface area (Å²) in [6, 6.07) is 15.5. The van der Waals surface area contributed by atoms with Gasteiger partial charge in [-0.25, -0.2) is 0 Å². The van der Waals surface area contributed by atoms with Gasteiger partial charge in [0.2, 0.25) is 0 Å². The first-order valence-electron chi connectivity index (χ1n) is 5.96. The zero-order valence-corrected chi connectivity index (χ0v) is 12.6.